The van der Waals surface area contributed by atoms with Crippen LogP contribution in [0.3, 0.4) is 0 Å². The number of benzene rings is 1. The fraction of sp³-hybridized carbons (Fsp3) is 0.538. The summed E-state index contributed by atoms with van der Waals surface area (Å²) in [5, 5.41) is 0. The third kappa shape index (κ3) is 2.80. The maximum Gasteiger partial charge on any atom is 0.123 e. The summed E-state index contributed by atoms with van der Waals surface area (Å²) in [6.07, 6.45) is 2.10. The molecule has 2 rings (SSSR count). The molecule has 1 aromatic rings. The van der Waals surface area contributed by atoms with Gasteiger partial charge >= 0.3 is 0 Å². The molecular formula is C13H19FN2. The molecule has 0 amide bonds. The first-order valence-corrected chi connectivity index (χ1v) is 5.88. The van der Waals surface area contributed by atoms with E-state index in [0.29, 0.717) is 6.04 Å². The second-order valence-corrected chi connectivity index (χ2v) is 4.68. The lowest BCUT2D eigenvalue weighted by Crippen LogP contribution is -2.39. The van der Waals surface area contributed by atoms with E-state index < -0.39 is 0 Å². The molecule has 1 aliphatic rings. The second-order valence-electron chi connectivity index (χ2n) is 4.68. The third-order valence-electron chi connectivity index (χ3n) is 3.34. The van der Waals surface area contributed by atoms with E-state index in [2.05, 4.69) is 4.90 Å². The Bertz CT molecular complexity index is 357. The predicted octanol–water partition coefficient (Wildman–Crippen LogP) is 2.06. The van der Waals surface area contributed by atoms with Crippen LogP contribution in [0.15, 0.2) is 18.2 Å². The number of hydrogen-bond donors (Lipinski definition) is 1. The van der Waals surface area contributed by atoms with Crippen molar-refractivity contribution < 1.29 is 4.39 Å². The molecule has 1 aromatic carbocycles. The first-order valence-electron chi connectivity index (χ1n) is 5.88. The molecule has 0 atom stereocenters. The highest BCUT2D eigenvalue weighted by Crippen LogP contribution is 2.16. The van der Waals surface area contributed by atoms with Crippen LogP contribution < -0.4 is 5.73 Å². The van der Waals surface area contributed by atoms with Gasteiger partial charge in [-0.2, -0.15) is 0 Å². The fourth-order valence-electron chi connectivity index (χ4n) is 2.16. The van der Waals surface area contributed by atoms with Gasteiger partial charge in [-0.15, -0.1) is 0 Å². The van der Waals surface area contributed by atoms with Gasteiger partial charge in [0.1, 0.15) is 5.82 Å². The van der Waals surface area contributed by atoms with E-state index >= 15 is 0 Å². The molecule has 0 spiro atoms. The third-order valence-corrected chi connectivity index (χ3v) is 3.34. The van der Waals surface area contributed by atoms with E-state index in [9.17, 15) is 4.39 Å². The molecule has 1 aliphatic heterocycles. The minimum Gasteiger partial charge on any atom is -0.328 e. The van der Waals surface area contributed by atoms with Crippen molar-refractivity contribution in [2.75, 3.05) is 13.1 Å². The highest BCUT2D eigenvalue weighted by atomic mass is 19.1. The van der Waals surface area contributed by atoms with Crippen molar-refractivity contribution >= 4 is 0 Å². The van der Waals surface area contributed by atoms with Crippen LogP contribution in [0.4, 0.5) is 4.39 Å². The Morgan fingerprint density at radius 2 is 2.06 bits per heavy atom. The summed E-state index contributed by atoms with van der Waals surface area (Å²) in [6, 6.07) is 5.36. The van der Waals surface area contributed by atoms with Gasteiger partial charge in [0.05, 0.1) is 0 Å². The van der Waals surface area contributed by atoms with E-state index in [4.69, 9.17) is 5.73 Å². The molecule has 1 heterocycles. The average Bonchev–Trinajstić information content (AvgIpc) is 2.27. The maximum absolute atomic E-state index is 13.1. The van der Waals surface area contributed by atoms with Gasteiger partial charge in [-0.1, -0.05) is 6.07 Å². The Balaban J connectivity index is 2.00. The van der Waals surface area contributed by atoms with Crippen molar-refractivity contribution in [3.63, 3.8) is 0 Å². The quantitative estimate of drug-likeness (QED) is 0.830. The lowest BCUT2D eigenvalue weighted by molar-refractivity contribution is 0.205. The van der Waals surface area contributed by atoms with Crippen LogP contribution in [0.25, 0.3) is 0 Å². The minimum atomic E-state index is -0.144. The molecule has 16 heavy (non-hydrogen) atoms. The smallest absolute Gasteiger partial charge is 0.123 e. The van der Waals surface area contributed by atoms with Crippen molar-refractivity contribution in [3.8, 4) is 0 Å². The standard InChI is InChI=1S/C13H19FN2/c1-10-2-3-12(14)8-11(10)9-16-6-4-13(15)5-7-16/h2-3,8,13H,4-7,9,15H2,1H3. The van der Waals surface area contributed by atoms with Crippen LogP contribution in [-0.4, -0.2) is 24.0 Å². The second kappa shape index (κ2) is 4.93. The van der Waals surface area contributed by atoms with Crippen LogP contribution in [0.2, 0.25) is 0 Å². The molecule has 0 saturated carbocycles. The first-order chi connectivity index (χ1) is 7.65. The van der Waals surface area contributed by atoms with E-state index in [1.807, 2.05) is 13.0 Å². The topological polar surface area (TPSA) is 29.3 Å². The zero-order valence-electron chi connectivity index (χ0n) is 9.75. The van der Waals surface area contributed by atoms with Crippen molar-refractivity contribution in [3.05, 3.63) is 35.1 Å². The molecule has 88 valence electrons. The lowest BCUT2D eigenvalue weighted by atomic mass is 10.0. The van der Waals surface area contributed by atoms with Crippen molar-refractivity contribution in [2.24, 2.45) is 5.73 Å². The van der Waals surface area contributed by atoms with Gasteiger partial charge in [0, 0.05) is 12.6 Å². The Morgan fingerprint density at radius 1 is 1.38 bits per heavy atom. The Hall–Kier alpha value is -0.930. The SMILES string of the molecule is Cc1ccc(F)cc1CN1CCC(N)CC1. The number of aryl methyl sites for hydroxylation is 1. The summed E-state index contributed by atoms with van der Waals surface area (Å²) >= 11 is 0. The Morgan fingerprint density at radius 3 is 2.75 bits per heavy atom. The van der Waals surface area contributed by atoms with Crippen LogP contribution >= 0.6 is 0 Å². The zero-order valence-corrected chi connectivity index (χ0v) is 9.75. The molecule has 0 bridgehead atoms. The summed E-state index contributed by atoms with van der Waals surface area (Å²) in [5.41, 5.74) is 8.11. The maximum atomic E-state index is 13.1. The van der Waals surface area contributed by atoms with Crippen LogP contribution in [0, 0.1) is 12.7 Å². The zero-order chi connectivity index (χ0) is 11.5. The normalized spacial score (nSPS) is 18.9. The van der Waals surface area contributed by atoms with Crippen LogP contribution in [-0.2, 0) is 6.54 Å². The van der Waals surface area contributed by atoms with Gasteiger partial charge in [0.15, 0.2) is 0 Å². The van der Waals surface area contributed by atoms with Gasteiger partial charge in [-0.3, -0.25) is 4.90 Å². The molecule has 0 unspecified atom stereocenters. The number of rotatable bonds is 2. The monoisotopic (exact) mass is 222 g/mol. The van der Waals surface area contributed by atoms with Gasteiger partial charge in [0.2, 0.25) is 0 Å². The minimum absolute atomic E-state index is 0.144. The predicted molar refractivity (Wildman–Crippen MR) is 63.6 cm³/mol. The summed E-state index contributed by atoms with van der Waals surface area (Å²) in [6.45, 7) is 4.93. The summed E-state index contributed by atoms with van der Waals surface area (Å²) < 4.78 is 13.1. The number of likely N-dealkylation sites (tertiary alicyclic amines) is 1. The molecule has 0 aliphatic carbocycles. The largest absolute Gasteiger partial charge is 0.328 e. The number of nitrogens with zero attached hydrogens (tertiary/aromatic N) is 1. The van der Waals surface area contributed by atoms with Gasteiger partial charge in [0.25, 0.3) is 0 Å². The summed E-state index contributed by atoms with van der Waals surface area (Å²) in [5.74, 6) is -0.144. The van der Waals surface area contributed by atoms with E-state index in [1.54, 1.807) is 6.07 Å². The van der Waals surface area contributed by atoms with Crippen molar-refractivity contribution in [2.45, 2.75) is 32.4 Å². The van der Waals surface area contributed by atoms with Crippen LogP contribution in [0.5, 0.6) is 0 Å². The average molecular weight is 222 g/mol. The molecular weight excluding hydrogens is 203 g/mol. The molecule has 0 radical (unpaired) electrons. The van der Waals surface area contributed by atoms with Gasteiger partial charge in [-0.05, 0) is 56.1 Å². The van der Waals surface area contributed by atoms with Crippen molar-refractivity contribution in [1.82, 2.24) is 4.90 Å². The molecule has 1 fully saturated rings. The summed E-state index contributed by atoms with van der Waals surface area (Å²) in [7, 11) is 0. The van der Waals surface area contributed by atoms with E-state index in [0.717, 1.165) is 43.6 Å². The Labute approximate surface area is 96.2 Å². The van der Waals surface area contributed by atoms with Crippen LogP contribution in [0.1, 0.15) is 24.0 Å². The number of piperidine rings is 1. The molecule has 2 N–H and O–H groups in total. The molecule has 3 heteroatoms. The fourth-order valence-corrected chi connectivity index (χ4v) is 2.16. The van der Waals surface area contributed by atoms with E-state index in [1.165, 1.54) is 6.07 Å². The number of hydrogen-bond acceptors (Lipinski definition) is 2. The number of halogens is 1. The molecule has 1 saturated heterocycles. The Kier molecular flexibility index (Phi) is 3.56. The highest BCUT2D eigenvalue weighted by Gasteiger charge is 2.16. The number of nitrogens with two attached hydrogens (primary N) is 1. The van der Waals surface area contributed by atoms with Gasteiger partial charge < -0.3 is 5.73 Å². The first kappa shape index (κ1) is 11.6. The summed E-state index contributed by atoms with van der Waals surface area (Å²) in [4.78, 5) is 2.35. The lowest BCUT2D eigenvalue weighted by Gasteiger charge is -2.30. The highest BCUT2D eigenvalue weighted by molar-refractivity contribution is 5.26. The van der Waals surface area contributed by atoms with Crippen molar-refractivity contribution in [1.29, 1.82) is 0 Å². The molecule has 0 aromatic heterocycles. The molecule has 2 nitrogen and oxygen atoms in total. The van der Waals surface area contributed by atoms with E-state index in [-0.39, 0.29) is 5.82 Å². The van der Waals surface area contributed by atoms with Gasteiger partial charge in [-0.25, -0.2) is 4.39 Å².